The molecule has 3 unspecified atom stereocenters. The molecular weight excluding hydrogens is 246 g/mol. The predicted octanol–water partition coefficient (Wildman–Crippen LogP) is 2.11. The van der Waals surface area contributed by atoms with Gasteiger partial charge < -0.3 is 5.32 Å². The summed E-state index contributed by atoms with van der Waals surface area (Å²) in [6, 6.07) is 9.25. The Bertz CT molecular complexity index is 433. The zero-order valence-corrected chi connectivity index (χ0v) is 11.4. The van der Waals surface area contributed by atoms with E-state index in [9.17, 15) is 9.00 Å². The molecule has 98 valence electrons. The maximum atomic E-state index is 12.1. The summed E-state index contributed by atoms with van der Waals surface area (Å²) < 4.78 is 11.7. The molecule has 1 aromatic rings. The Morgan fingerprint density at radius 1 is 1.22 bits per heavy atom. The zero-order valence-electron chi connectivity index (χ0n) is 10.6. The van der Waals surface area contributed by atoms with Gasteiger partial charge in [0.2, 0.25) is 0 Å². The first-order chi connectivity index (χ1) is 8.68. The molecule has 0 radical (unpaired) electrons. The summed E-state index contributed by atoms with van der Waals surface area (Å²) in [4.78, 5) is 12.1. The number of benzene rings is 1. The third-order valence-electron chi connectivity index (χ3n) is 3.48. The molecule has 0 saturated heterocycles. The molecule has 0 bridgehead atoms. The van der Waals surface area contributed by atoms with Crippen molar-refractivity contribution in [2.75, 3.05) is 6.26 Å². The van der Waals surface area contributed by atoms with E-state index in [-0.39, 0.29) is 17.2 Å². The van der Waals surface area contributed by atoms with Crippen LogP contribution in [0.3, 0.4) is 0 Å². The van der Waals surface area contributed by atoms with Gasteiger partial charge in [0.1, 0.15) is 0 Å². The molecule has 1 aliphatic rings. The Morgan fingerprint density at radius 2 is 1.89 bits per heavy atom. The van der Waals surface area contributed by atoms with E-state index < -0.39 is 10.8 Å². The third kappa shape index (κ3) is 3.19. The average molecular weight is 265 g/mol. The minimum absolute atomic E-state index is 0.0530. The standard InChI is InChI=1S/C14H19NO2S/c1-18(17)13-10-6-5-9-12(13)15-14(16)11-7-3-2-4-8-11/h2-4,7-8,12-13H,5-6,9-10H2,1H3,(H,15,16). The summed E-state index contributed by atoms with van der Waals surface area (Å²) in [6.45, 7) is 0. The Labute approximate surface area is 110 Å². The molecule has 0 aromatic heterocycles. The largest absolute Gasteiger partial charge is 0.348 e. The lowest BCUT2D eigenvalue weighted by Crippen LogP contribution is -2.46. The van der Waals surface area contributed by atoms with Crippen LogP contribution in [0.15, 0.2) is 30.3 Å². The molecule has 1 saturated carbocycles. The molecule has 3 atom stereocenters. The Balaban J connectivity index is 2.03. The highest BCUT2D eigenvalue weighted by Gasteiger charge is 2.29. The zero-order chi connectivity index (χ0) is 13.0. The van der Waals surface area contributed by atoms with Crippen molar-refractivity contribution >= 4 is 16.7 Å². The Morgan fingerprint density at radius 3 is 2.56 bits per heavy atom. The molecule has 1 aliphatic carbocycles. The van der Waals surface area contributed by atoms with Crippen LogP contribution < -0.4 is 5.32 Å². The van der Waals surface area contributed by atoms with Crippen LogP contribution in [0.5, 0.6) is 0 Å². The lowest BCUT2D eigenvalue weighted by molar-refractivity contribution is 0.0929. The number of hydrogen-bond donors (Lipinski definition) is 1. The van der Waals surface area contributed by atoms with Crippen molar-refractivity contribution in [3.05, 3.63) is 35.9 Å². The van der Waals surface area contributed by atoms with E-state index in [0.29, 0.717) is 5.56 Å². The number of amides is 1. The van der Waals surface area contributed by atoms with Crippen LogP contribution in [-0.2, 0) is 10.8 Å². The normalized spacial score (nSPS) is 25.4. The number of carbonyl (C=O) groups is 1. The van der Waals surface area contributed by atoms with Gasteiger partial charge >= 0.3 is 0 Å². The van der Waals surface area contributed by atoms with Crippen molar-refractivity contribution in [3.8, 4) is 0 Å². The minimum Gasteiger partial charge on any atom is -0.348 e. The van der Waals surface area contributed by atoms with Gasteiger partial charge in [-0.2, -0.15) is 0 Å². The van der Waals surface area contributed by atoms with E-state index in [1.54, 1.807) is 18.4 Å². The topological polar surface area (TPSA) is 46.2 Å². The maximum absolute atomic E-state index is 12.1. The first-order valence-corrected chi connectivity index (χ1v) is 7.99. The fraction of sp³-hybridized carbons (Fsp3) is 0.500. The van der Waals surface area contributed by atoms with E-state index in [2.05, 4.69) is 5.32 Å². The lowest BCUT2D eigenvalue weighted by atomic mass is 9.94. The Kier molecular flexibility index (Phi) is 4.53. The molecule has 1 aromatic carbocycles. The molecule has 1 fully saturated rings. The van der Waals surface area contributed by atoms with Gasteiger partial charge in [0.05, 0.1) is 5.25 Å². The second-order valence-corrected chi connectivity index (χ2v) is 6.37. The van der Waals surface area contributed by atoms with Crippen LogP contribution >= 0.6 is 0 Å². The van der Waals surface area contributed by atoms with Gasteiger partial charge in [-0.1, -0.05) is 31.0 Å². The summed E-state index contributed by atoms with van der Waals surface area (Å²) >= 11 is 0. The summed E-state index contributed by atoms with van der Waals surface area (Å²) in [5.74, 6) is -0.0575. The number of nitrogens with one attached hydrogen (secondary N) is 1. The smallest absolute Gasteiger partial charge is 0.251 e. The van der Waals surface area contributed by atoms with Crippen LogP contribution in [-0.4, -0.2) is 27.7 Å². The lowest BCUT2D eigenvalue weighted by Gasteiger charge is -2.30. The van der Waals surface area contributed by atoms with Gasteiger partial charge in [0.15, 0.2) is 0 Å². The van der Waals surface area contributed by atoms with Crippen LogP contribution in [0.2, 0.25) is 0 Å². The SMILES string of the molecule is CS(=O)C1CCCCC1NC(=O)c1ccccc1. The van der Waals surface area contributed by atoms with Crippen LogP contribution in [0.25, 0.3) is 0 Å². The third-order valence-corrected chi connectivity index (χ3v) is 4.90. The van der Waals surface area contributed by atoms with E-state index in [4.69, 9.17) is 0 Å². The van der Waals surface area contributed by atoms with Crippen molar-refractivity contribution < 1.29 is 9.00 Å². The fourth-order valence-electron chi connectivity index (χ4n) is 2.50. The highest BCUT2D eigenvalue weighted by atomic mass is 32.2. The summed E-state index contributed by atoms with van der Waals surface area (Å²) in [7, 11) is -0.870. The van der Waals surface area contributed by atoms with Crippen molar-refractivity contribution in [2.24, 2.45) is 0 Å². The van der Waals surface area contributed by atoms with Gasteiger partial charge in [0.25, 0.3) is 5.91 Å². The first kappa shape index (κ1) is 13.3. The highest BCUT2D eigenvalue weighted by Crippen LogP contribution is 2.22. The van der Waals surface area contributed by atoms with Crippen LogP contribution in [0, 0.1) is 0 Å². The molecule has 2 rings (SSSR count). The second-order valence-electron chi connectivity index (χ2n) is 4.77. The molecule has 18 heavy (non-hydrogen) atoms. The molecule has 4 heteroatoms. The van der Waals surface area contributed by atoms with Gasteiger partial charge in [-0.05, 0) is 25.0 Å². The molecule has 3 nitrogen and oxygen atoms in total. The first-order valence-electron chi connectivity index (χ1n) is 6.36. The maximum Gasteiger partial charge on any atom is 0.251 e. The van der Waals surface area contributed by atoms with E-state index in [1.807, 2.05) is 18.2 Å². The number of carbonyl (C=O) groups excluding carboxylic acids is 1. The van der Waals surface area contributed by atoms with Gasteiger partial charge in [-0.15, -0.1) is 0 Å². The van der Waals surface area contributed by atoms with Crippen molar-refractivity contribution in [1.82, 2.24) is 5.32 Å². The van der Waals surface area contributed by atoms with E-state index >= 15 is 0 Å². The van der Waals surface area contributed by atoms with Crippen LogP contribution in [0.1, 0.15) is 36.0 Å². The average Bonchev–Trinajstić information content (AvgIpc) is 2.40. The van der Waals surface area contributed by atoms with Gasteiger partial charge in [-0.3, -0.25) is 9.00 Å². The molecule has 0 aliphatic heterocycles. The highest BCUT2D eigenvalue weighted by molar-refractivity contribution is 7.85. The predicted molar refractivity (Wildman–Crippen MR) is 74.0 cm³/mol. The second kappa shape index (κ2) is 6.14. The van der Waals surface area contributed by atoms with Crippen molar-refractivity contribution in [1.29, 1.82) is 0 Å². The Hall–Kier alpha value is -1.16. The van der Waals surface area contributed by atoms with E-state index in [0.717, 1.165) is 25.7 Å². The van der Waals surface area contributed by atoms with Crippen molar-refractivity contribution in [3.63, 3.8) is 0 Å². The summed E-state index contributed by atoms with van der Waals surface area (Å²) in [5, 5.41) is 3.14. The molecule has 1 amide bonds. The molecule has 1 N–H and O–H groups in total. The quantitative estimate of drug-likeness (QED) is 0.910. The summed E-state index contributed by atoms with van der Waals surface area (Å²) in [5.41, 5.74) is 0.670. The van der Waals surface area contributed by atoms with Crippen molar-refractivity contribution in [2.45, 2.75) is 37.0 Å². The van der Waals surface area contributed by atoms with Gasteiger partial charge in [-0.25, -0.2) is 0 Å². The molecule has 0 spiro atoms. The van der Waals surface area contributed by atoms with E-state index in [1.165, 1.54) is 0 Å². The van der Waals surface area contributed by atoms with Gasteiger partial charge in [0, 0.05) is 28.7 Å². The monoisotopic (exact) mass is 265 g/mol. The van der Waals surface area contributed by atoms with Crippen LogP contribution in [0.4, 0.5) is 0 Å². The summed E-state index contributed by atoms with van der Waals surface area (Å²) in [6.07, 6.45) is 5.83. The number of hydrogen-bond acceptors (Lipinski definition) is 2. The molecule has 0 heterocycles. The minimum atomic E-state index is -0.870. The number of rotatable bonds is 3. The molecular formula is C14H19NO2S. The fourth-order valence-corrected chi connectivity index (χ4v) is 3.67.